The number of rotatable bonds is 13. The summed E-state index contributed by atoms with van der Waals surface area (Å²) >= 11 is 0. The second kappa shape index (κ2) is 14.6. The van der Waals surface area contributed by atoms with E-state index in [9.17, 15) is 23.1 Å². The molecule has 1 saturated carbocycles. The molecule has 1 aliphatic carbocycles. The van der Waals surface area contributed by atoms with Gasteiger partial charge in [0.05, 0.1) is 24.6 Å². The van der Waals surface area contributed by atoms with Gasteiger partial charge in [0.25, 0.3) is 5.91 Å². The monoisotopic (exact) mass is 600 g/mol. The third-order valence-corrected chi connectivity index (χ3v) is 9.41. The Kier molecular flexibility index (Phi) is 11.2. The Hall–Kier alpha value is -2.79. The maximum atomic E-state index is 13.4. The molecular weight excluding hydrogens is 556 g/mol. The van der Waals surface area contributed by atoms with Gasteiger partial charge in [0, 0.05) is 38.1 Å². The summed E-state index contributed by atoms with van der Waals surface area (Å²) in [5.74, 6) is -2.16. The van der Waals surface area contributed by atoms with Crippen molar-refractivity contribution in [1.82, 2.24) is 10.2 Å². The lowest BCUT2D eigenvalue weighted by molar-refractivity contribution is -0.139. The second-order valence-electron chi connectivity index (χ2n) is 11.7. The zero-order valence-electron chi connectivity index (χ0n) is 24.9. The highest BCUT2D eigenvalue weighted by atomic mass is 32.2. The van der Waals surface area contributed by atoms with Gasteiger partial charge in [-0.3, -0.25) is 9.69 Å². The number of nitrogens with zero attached hydrogens (tertiary/aromatic N) is 1. The van der Waals surface area contributed by atoms with Crippen LogP contribution in [-0.2, 0) is 30.7 Å². The van der Waals surface area contributed by atoms with Crippen molar-refractivity contribution in [3.05, 3.63) is 59.2 Å². The van der Waals surface area contributed by atoms with Crippen LogP contribution in [0.2, 0.25) is 0 Å². The van der Waals surface area contributed by atoms with Crippen LogP contribution in [0, 0.1) is 6.92 Å². The first-order valence-electron chi connectivity index (χ1n) is 14.8. The van der Waals surface area contributed by atoms with Crippen molar-refractivity contribution < 1.29 is 32.6 Å². The topological polar surface area (TPSA) is 122 Å². The van der Waals surface area contributed by atoms with Crippen LogP contribution in [0.1, 0.15) is 66.4 Å². The van der Waals surface area contributed by atoms with E-state index in [-0.39, 0.29) is 24.3 Å². The van der Waals surface area contributed by atoms with Crippen molar-refractivity contribution in [2.75, 3.05) is 32.3 Å². The number of aryl methyl sites for hydroxylation is 1. The Labute approximate surface area is 249 Å². The first kappa shape index (κ1) is 32.1. The summed E-state index contributed by atoms with van der Waals surface area (Å²) in [5.41, 5.74) is 3.92. The average molecular weight is 601 g/mol. The number of hydrogen-bond acceptors (Lipinski definition) is 7. The van der Waals surface area contributed by atoms with Crippen molar-refractivity contribution in [2.24, 2.45) is 0 Å². The number of likely N-dealkylation sites (tertiary alicyclic amines) is 1. The minimum absolute atomic E-state index is 0.130. The van der Waals surface area contributed by atoms with Gasteiger partial charge in [-0.05, 0) is 67.0 Å². The molecule has 1 saturated heterocycles. The molecule has 0 bridgehead atoms. The molecule has 0 unspecified atom stereocenters. The van der Waals surface area contributed by atoms with Crippen LogP contribution in [-0.4, -0.2) is 86.9 Å². The highest BCUT2D eigenvalue weighted by Gasteiger charge is 2.33. The number of benzene rings is 2. The maximum Gasteiger partial charge on any atom is 0.326 e. The van der Waals surface area contributed by atoms with Gasteiger partial charge in [-0.25, -0.2) is 13.2 Å². The molecule has 42 heavy (non-hydrogen) atoms. The van der Waals surface area contributed by atoms with Gasteiger partial charge >= 0.3 is 5.97 Å². The summed E-state index contributed by atoms with van der Waals surface area (Å²) in [6, 6.07) is 12.3. The molecule has 2 aromatic rings. The average Bonchev–Trinajstić information content (AvgIpc) is 3.35. The predicted octanol–water partition coefficient (Wildman–Crippen LogP) is 4.22. The number of amides is 1. The molecule has 1 amide bonds. The molecule has 10 heteroatoms. The number of ether oxygens (including phenoxy) is 2. The Morgan fingerprint density at radius 1 is 1.07 bits per heavy atom. The smallest absolute Gasteiger partial charge is 0.326 e. The van der Waals surface area contributed by atoms with Crippen LogP contribution in [0.4, 0.5) is 0 Å². The number of carboxylic acid groups (broad SMARTS) is 1. The minimum atomic E-state index is -3.39. The molecule has 1 aliphatic heterocycles. The summed E-state index contributed by atoms with van der Waals surface area (Å²) in [7, 11) is -1.64. The van der Waals surface area contributed by atoms with Gasteiger partial charge < -0.3 is 19.9 Å². The molecule has 230 valence electrons. The van der Waals surface area contributed by atoms with Gasteiger partial charge in [-0.1, -0.05) is 49.6 Å². The Balaban J connectivity index is 1.57. The minimum Gasteiger partial charge on any atom is -0.480 e. The third kappa shape index (κ3) is 8.86. The fourth-order valence-electron chi connectivity index (χ4n) is 6.00. The summed E-state index contributed by atoms with van der Waals surface area (Å²) < 4.78 is 35.3. The highest BCUT2D eigenvalue weighted by molar-refractivity contribution is 7.90. The molecule has 0 aromatic heterocycles. The zero-order chi connectivity index (χ0) is 30.3. The Morgan fingerprint density at radius 3 is 2.48 bits per heavy atom. The van der Waals surface area contributed by atoms with E-state index in [1.165, 1.54) is 19.3 Å². The summed E-state index contributed by atoms with van der Waals surface area (Å²) in [5, 5.41) is 12.2. The number of aliphatic carboxylic acids is 1. The lowest BCUT2D eigenvalue weighted by atomic mass is 9.93. The maximum absolute atomic E-state index is 13.4. The Bertz CT molecular complexity index is 1340. The SMILES string of the molecule is CO[C@@H]1C[C@@H](COC2CCCCC2)N(Cc2ccc(C(=O)N[C@@H](CCS(C)(=O)=O)C(=O)O)c(-c3ccccc3C)c2)C1. The molecule has 4 rings (SSSR count). The molecule has 9 nitrogen and oxygen atoms in total. The molecular formula is C32H44N2O7S. The highest BCUT2D eigenvalue weighted by Crippen LogP contribution is 2.31. The van der Waals surface area contributed by atoms with E-state index in [0.29, 0.717) is 30.4 Å². The van der Waals surface area contributed by atoms with E-state index in [4.69, 9.17) is 9.47 Å². The molecule has 0 radical (unpaired) electrons. The first-order valence-corrected chi connectivity index (χ1v) is 16.9. The van der Waals surface area contributed by atoms with Gasteiger partial charge in [-0.2, -0.15) is 0 Å². The standard InChI is InChI=1S/C32H44N2O7S/c1-22-9-7-8-12-27(22)29-17-23(13-14-28(29)31(35)33-30(32(36)37)15-16-42(3,38)39)19-34-20-26(40-2)18-24(34)21-41-25-10-5-4-6-11-25/h7-9,12-14,17,24-26,30H,4-6,10-11,15-16,18-21H2,1-3H3,(H,33,35)(H,36,37)/t24-,26+,30-/m0/s1. The van der Waals surface area contributed by atoms with Crippen molar-refractivity contribution in [2.45, 2.75) is 82.7 Å². The Morgan fingerprint density at radius 2 is 1.81 bits per heavy atom. The number of carbonyl (C=O) groups excluding carboxylic acids is 1. The van der Waals surface area contributed by atoms with Crippen LogP contribution in [0.15, 0.2) is 42.5 Å². The molecule has 3 atom stereocenters. The predicted molar refractivity (Wildman–Crippen MR) is 162 cm³/mol. The number of carbonyl (C=O) groups is 2. The summed E-state index contributed by atoms with van der Waals surface area (Å²) in [6.45, 7) is 4.08. The third-order valence-electron chi connectivity index (χ3n) is 8.43. The van der Waals surface area contributed by atoms with E-state index in [0.717, 1.165) is 48.8 Å². The van der Waals surface area contributed by atoms with Gasteiger partial charge in [0.1, 0.15) is 15.9 Å². The molecule has 2 fully saturated rings. The molecule has 1 heterocycles. The zero-order valence-corrected chi connectivity index (χ0v) is 25.7. The van der Waals surface area contributed by atoms with E-state index >= 15 is 0 Å². The quantitative estimate of drug-likeness (QED) is 0.351. The van der Waals surface area contributed by atoms with Gasteiger partial charge in [-0.15, -0.1) is 0 Å². The summed E-state index contributed by atoms with van der Waals surface area (Å²) in [6.07, 6.45) is 8.20. The van der Waals surface area contributed by atoms with Crippen LogP contribution < -0.4 is 5.32 Å². The van der Waals surface area contributed by atoms with E-state index in [1.54, 1.807) is 13.2 Å². The molecule has 2 N–H and O–H groups in total. The molecule has 2 aromatic carbocycles. The molecule has 2 aliphatic rings. The van der Waals surface area contributed by atoms with Crippen LogP contribution in [0.3, 0.4) is 0 Å². The number of nitrogens with one attached hydrogen (secondary N) is 1. The van der Waals surface area contributed by atoms with E-state index in [2.05, 4.69) is 10.2 Å². The van der Waals surface area contributed by atoms with Crippen molar-refractivity contribution in [3.8, 4) is 11.1 Å². The number of carboxylic acids is 1. The summed E-state index contributed by atoms with van der Waals surface area (Å²) in [4.78, 5) is 27.7. The number of sulfone groups is 1. The first-order chi connectivity index (χ1) is 20.0. The van der Waals surface area contributed by atoms with Crippen molar-refractivity contribution in [1.29, 1.82) is 0 Å². The normalized spacial score (nSPS) is 20.8. The van der Waals surface area contributed by atoms with Crippen molar-refractivity contribution >= 4 is 21.7 Å². The van der Waals surface area contributed by atoms with Gasteiger partial charge in [0.2, 0.25) is 0 Å². The van der Waals surface area contributed by atoms with Crippen LogP contribution in [0.5, 0.6) is 0 Å². The lowest BCUT2D eigenvalue weighted by Crippen LogP contribution is -2.42. The second-order valence-corrected chi connectivity index (χ2v) is 14.0. The lowest BCUT2D eigenvalue weighted by Gasteiger charge is -2.28. The molecule has 0 spiro atoms. The van der Waals surface area contributed by atoms with E-state index < -0.39 is 27.8 Å². The number of hydrogen-bond donors (Lipinski definition) is 2. The van der Waals surface area contributed by atoms with Gasteiger partial charge in [0.15, 0.2) is 0 Å². The van der Waals surface area contributed by atoms with E-state index in [1.807, 2.05) is 43.3 Å². The largest absolute Gasteiger partial charge is 0.480 e. The van der Waals surface area contributed by atoms with Crippen LogP contribution in [0.25, 0.3) is 11.1 Å². The van der Waals surface area contributed by atoms with Crippen molar-refractivity contribution in [3.63, 3.8) is 0 Å². The van der Waals surface area contributed by atoms with Crippen LogP contribution >= 0.6 is 0 Å². The fourth-order valence-corrected chi connectivity index (χ4v) is 6.66. The fraction of sp³-hybridized carbons (Fsp3) is 0.562. The number of methoxy groups -OCH3 is 1.